The number of aryl methyl sites for hydroxylation is 1. The van der Waals surface area contributed by atoms with Crippen LogP contribution < -0.4 is 34.7 Å². The number of rotatable bonds is 3. The van der Waals surface area contributed by atoms with E-state index >= 15 is 0 Å². The van der Waals surface area contributed by atoms with Crippen LogP contribution in [-0.4, -0.2) is 22.0 Å². The smallest absolute Gasteiger partial charge is 0.872 e. The molecule has 1 rings (SSSR count). The van der Waals surface area contributed by atoms with Gasteiger partial charge in [-0.05, 0) is 13.0 Å². The van der Waals surface area contributed by atoms with Gasteiger partial charge in [0.2, 0.25) is 6.43 Å². The zero-order valence-corrected chi connectivity index (χ0v) is 11.2. The molecule has 1 aromatic rings. The van der Waals surface area contributed by atoms with E-state index in [1.165, 1.54) is 10.9 Å². The molecule has 0 radical (unpaired) electrons. The van der Waals surface area contributed by atoms with E-state index in [-0.39, 0.29) is 35.1 Å². The Morgan fingerprint density at radius 2 is 2.19 bits per heavy atom. The molecule has 0 fully saturated rings. The van der Waals surface area contributed by atoms with Crippen molar-refractivity contribution in [1.82, 2.24) is 9.78 Å². The van der Waals surface area contributed by atoms with E-state index < -0.39 is 18.0 Å². The fourth-order valence-corrected chi connectivity index (χ4v) is 1.01. The van der Waals surface area contributed by atoms with Gasteiger partial charge in [-0.1, -0.05) is 5.76 Å². The van der Waals surface area contributed by atoms with Crippen LogP contribution in [0, 0.1) is 6.92 Å². The molecule has 0 spiro atoms. The standard InChI is InChI=1S/C9H10F2N2O2.Na/c1-5-6(4-12-13(5)2)7(14)3-8(15)9(10)11;/h3-4,9,15H,1-2H3;/q;+1/p-1/b8-3-;. The second kappa shape index (κ2) is 6.12. The van der Waals surface area contributed by atoms with Crippen molar-refractivity contribution in [3.63, 3.8) is 0 Å². The van der Waals surface area contributed by atoms with Gasteiger partial charge in [0.15, 0.2) is 5.78 Å². The Labute approximate surface area is 113 Å². The quantitative estimate of drug-likeness (QED) is 0.251. The maximum Gasteiger partial charge on any atom is 1.00 e. The van der Waals surface area contributed by atoms with Crippen molar-refractivity contribution in [2.45, 2.75) is 13.3 Å². The van der Waals surface area contributed by atoms with Gasteiger partial charge in [-0.25, -0.2) is 8.78 Å². The van der Waals surface area contributed by atoms with Gasteiger partial charge in [0.1, 0.15) is 0 Å². The second-order valence-corrected chi connectivity index (χ2v) is 2.98. The van der Waals surface area contributed by atoms with E-state index in [1.54, 1.807) is 14.0 Å². The largest absolute Gasteiger partial charge is 1.00 e. The maximum absolute atomic E-state index is 11.9. The summed E-state index contributed by atoms with van der Waals surface area (Å²) in [6.07, 6.45) is -1.51. The number of carbonyl (C=O) groups excluding carboxylic acids is 1. The van der Waals surface area contributed by atoms with E-state index in [2.05, 4.69) is 5.10 Å². The van der Waals surface area contributed by atoms with Crippen LogP contribution in [0.2, 0.25) is 0 Å². The number of halogens is 2. The Bertz CT molecular complexity index is 416. The summed E-state index contributed by atoms with van der Waals surface area (Å²) in [5.41, 5.74) is 0.685. The second-order valence-electron chi connectivity index (χ2n) is 2.98. The molecule has 1 heterocycles. The van der Waals surface area contributed by atoms with Crippen LogP contribution in [0.3, 0.4) is 0 Å². The third-order valence-electron chi connectivity index (χ3n) is 1.99. The van der Waals surface area contributed by atoms with Crippen molar-refractivity contribution in [3.8, 4) is 0 Å². The SMILES string of the molecule is Cc1c(C(=O)/C=C(\[O-])C(F)F)cnn1C.[Na+]. The minimum absolute atomic E-state index is 0. The summed E-state index contributed by atoms with van der Waals surface area (Å²) in [5.74, 6) is -2.23. The number of allylic oxidation sites excluding steroid dienone is 2. The van der Waals surface area contributed by atoms with Crippen LogP contribution in [0.5, 0.6) is 0 Å². The van der Waals surface area contributed by atoms with Crippen LogP contribution in [0.4, 0.5) is 8.78 Å². The van der Waals surface area contributed by atoms with Crippen molar-refractivity contribution in [3.05, 3.63) is 29.3 Å². The molecular weight excluding hydrogens is 229 g/mol. The molecule has 0 aliphatic carbocycles. The van der Waals surface area contributed by atoms with E-state index in [0.717, 1.165) is 0 Å². The number of nitrogens with zero attached hydrogens (tertiary/aromatic N) is 2. The Kier molecular flexibility index (Phi) is 5.85. The molecule has 16 heavy (non-hydrogen) atoms. The van der Waals surface area contributed by atoms with Gasteiger partial charge in [-0.3, -0.25) is 9.48 Å². The minimum Gasteiger partial charge on any atom is -0.872 e. The normalized spacial score (nSPS) is 11.4. The number of ketones is 1. The third kappa shape index (κ3) is 3.40. The summed E-state index contributed by atoms with van der Waals surface area (Å²) in [6.45, 7) is 1.61. The van der Waals surface area contributed by atoms with Crippen LogP contribution in [0.1, 0.15) is 16.1 Å². The molecule has 0 N–H and O–H groups in total. The number of aromatic nitrogens is 2. The number of hydrogen-bond donors (Lipinski definition) is 0. The van der Waals surface area contributed by atoms with Crippen molar-refractivity contribution < 1.29 is 48.2 Å². The van der Waals surface area contributed by atoms with Gasteiger partial charge in [0.25, 0.3) is 0 Å². The van der Waals surface area contributed by atoms with Gasteiger partial charge in [-0.15, -0.1) is 0 Å². The molecule has 0 aliphatic rings. The van der Waals surface area contributed by atoms with Crippen molar-refractivity contribution >= 4 is 5.78 Å². The van der Waals surface area contributed by atoms with E-state index in [1.807, 2.05) is 0 Å². The molecule has 0 unspecified atom stereocenters. The summed E-state index contributed by atoms with van der Waals surface area (Å²) >= 11 is 0. The minimum atomic E-state index is -3.15. The van der Waals surface area contributed by atoms with E-state index in [9.17, 15) is 18.7 Å². The molecule has 0 saturated carbocycles. The van der Waals surface area contributed by atoms with Crippen LogP contribution >= 0.6 is 0 Å². The molecule has 0 aromatic carbocycles. The van der Waals surface area contributed by atoms with Gasteiger partial charge in [0.05, 0.1) is 11.8 Å². The third-order valence-corrected chi connectivity index (χ3v) is 1.99. The molecule has 7 heteroatoms. The predicted molar refractivity (Wildman–Crippen MR) is 46.4 cm³/mol. The zero-order valence-electron chi connectivity index (χ0n) is 9.20. The first kappa shape index (κ1) is 15.3. The monoisotopic (exact) mass is 238 g/mol. The molecule has 82 valence electrons. The van der Waals surface area contributed by atoms with Gasteiger partial charge >= 0.3 is 29.6 Å². The first-order chi connectivity index (χ1) is 6.93. The Morgan fingerprint density at radius 3 is 2.56 bits per heavy atom. The van der Waals surface area contributed by atoms with Crippen molar-refractivity contribution in [2.75, 3.05) is 0 Å². The Balaban J connectivity index is 0.00000225. The summed E-state index contributed by atoms with van der Waals surface area (Å²) < 4.78 is 25.1. The average molecular weight is 238 g/mol. The van der Waals surface area contributed by atoms with E-state index in [4.69, 9.17) is 0 Å². The zero-order chi connectivity index (χ0) is 11.6. The molecule has 0 amide bonds. The summed E-state index contributed by atoms with van der Waals surface area (Å²) in [7, 11) is 1.61. The summed E-state index contributed by atoms with van der Waals surface area (Å²) in [6, 6.07) is 0. The molecule has 0 atom stereocenters. The van der Waals surface area contributed by atoms with E-state index in [0.29, 0.717) is 11.8 Å². The first-order valence-corrected chi connectivity index (χ1v) is 4.13. The fraction of sp³-hybridized carbons (Fsp3) is 0.333. The van der Waals surface area contributed by atoms with Crippen molar-refractivity contribution in [2.24, 2.45) is 7.05 Å². The Hall–Kier alpha value is -0.720. The molecule has 4 nitrogen and oxygen atoms in total. The molecule has 1 aromatic heterocycles. The number of hydrogen-bond acceptors (Lipinski definition) is 3. The number of alkyl halides is 2. The first-order valence-electron chi connectivity index (χ1n) is 4.13. The van der Waals surface area contributed by atoms with Crippen LogP contribution in [0.15, 0.2) is 18.0 Å². The molecule has 0 aliphatic heterocycles. The molecular formula is C9H9F2N2NaO2. The molecule has 0 saturated heterocycles. The van der Waals surface area contributed by atoms with Crippen LogP contribution in [0.25, 0.3) is 0 Å². The van der Waals surface area contributed by atoms with Crippen LogP contribution in [-0.2, 0) is 7.05 Å². The predicted octanol–water partition coefficient (Wildman–Crippen LogP) is -2.58. The maximum atomic E-state index is 11.9. The molecule has 0 bridgehead atoms. The van der Waals surface area contributed by atoms with Gasteiger partial charge < -0.3 is 5.11 Å². The topological polar surface area (TPSA) is 57.9 Å². The van der Waals surface area contributed by atoms with Gasteiger partial charge in [-0.2, -0.15) is 5.10 Å². The summed E-state index contributed by atoms with van der Waals surface area (Å²) in [5, 5.41) is 14.4. The van der Waals surface area contributed by atoms with Gasteiger partial charge in [0, 0.05) is 12.7 Å². The Morgan fingerprint density at radius 1 is 1.62 bits per heavy atom. The van der Waals surface area contributed by atoms with Crippen molar-refractivity contribution in [1.29, 1.82) is 0 Å². The average Bonchev–Trinajstić information content (AvgIpc) is 2.47. The number of carbonyl (C=O) groups is 1. The fourth-order valence-electron chi connectivity index (χ4n) is 1.01. The summed E-state index contributed by atoms with van der Waals surface area (Å²) in [4.78, 5) is 11.3.